The summed E-state index contributed by atoms with van der Waals surface area (Å²) in [5.41, 5.74) is 2.26. The SMILES string of the molecule is Cc1noc(C)c1CC(=O)N1C[C@@H](NS(C)(=O)=O)C[C@H]1c1nc(-c2ccccc2)n[nH]1. The van der Waals surface area contributed by atoms with Crippen LogP contribution in [0.15, 0.2) is 34.9 Å². The lowest BCUT2D eigenvalue weighted by Crippen LogP contribution is -2.38. The normalized spacial score (nSPS) is 19.1. The van der Waals surface area contributed by atoms with Gasteiger partial charge in [0.2, 0.25) is 15.9 Å². The first-order chi connectivity index (χ1) is 14.7. The Kier molecular flexibility index (Phi) is 5.63. The second-order valence-electron chi connectivity index (χ2n) is 7.77. The van der Waals surface area contributed by atoms with Crippen LogP contribution in [-0.2, 0) is 21.2 Å². The highest BCUT2D eigenvalue weighted by Gasteiger charge is 2.39. The first-order valence-electron chi connectivity index (χ1n) is 9.87. The molecule has 2 N–H and O–H groups in total. The van der Waals surface area contributed by atoms with Crippen LogP contribution in [0.1, 0.15) is 35.3 Å². The number of likely N-dealkylation sites (tertiary alicyclic amines) is 1. The van der Waals surface area contributed by atoms with Crippen molar-refractivity contribution in [2.45, 2.75) is 38.8 Å². The first kappa shape index (κ1) is 21.2. The second-order valence-corrected chi connectivity index (χ2v) is 9.55. The first-order valence-corrected chi connectivity index (χ1v) is 11.8. The minimum Gasteiger partial charge on any atom is -0.361 e. The minimum absolute atomic E-state index is 0.114. The average molecular weight is 445 g/mol. The zero-order valence-electron chi connectivity index (χ0n) is 17.5. The van der Waals surface area contributed by atoms with E-state index in [0.29, 0.717) is 29.5 Å². The third-order valence-electron chi connectivity index (χ3n) is 5.36. The van der Waals surface area contributed by atoms with Gasteiger partial charge in [-0.15, -0.1) is 0 Å². The maximum atomic E-state index is 13.2. The van der Waals surface area contributed by atoms with Crippen molar-refractivity contribution in [1.29, 1.82) is 0 Å². The molecule has 0 saturated carbocycles. The van der Waals surface area contributed by atoms with Crippen molar-refractivity contribution in [1.82, 2.24) is 30.0 Å². The van der Waals surface area contributed by atoms with Gasteiger partial charge >= 0.3 is 0 Å². The number of benzene rings is 1. The number of hydrogen-bond donors (Lipinski definition) is 2. The van der Waals surface area contributed by atoms with Gasteiger partial charge in [-0.3, -0.25) is 9.89 Å². The maximum Gasteiger partial charge on any atom is 0.227 e. The van der Waals surface area contributed by atoms with Gasteiger partial charge in [-0.1, -0.05) is 35.5 Å². The molecule has 164 valence electrons. The molecule has 1 aliphatic heterocycles. The number of sulfonamides is 1. The van der Waals surface area contributed by atoms with Crippen LogP contribution in [0.5, 0.6) is 0 Å². The summed E-state index contributed by atoms with van der Waals surface area (Å²) in [5, 5.41) is 11.1. The van der Waals surface area contributed by atoms with Crippen LogP contribution >= 0.6 is 0 Å². The zero-order valence-corrected chi connectivity index (χ0v) is 18.3. The van der Waals surface area contributed by atoms with Crippen molar-refractivity contribution in [2.24, 2.45) is 0 Å². The fourth-order valence-electron chi connectivity index (χ4n) is 3.91. The Morgan fingerprint density at radius 2 is 2.03 bits per heavy atom. The van der Waals surface area contributed by atoms with Gasteiger partial charge in [-0.25, -0.2) is 18.1 Å². The van der Waals surface area contributed by atoms with E-state index < -0.39 is 22.1 Å². The molecular formula is C20H24N6O4S. The Balaban J connectivity index is 1.61. The highest BCUT2D eigenvalue weighted by molar-refractivity contribution is 7.88. The number of rotatable bonds is 6. The molecule has 2 atom stereocenters. The van der Waals surface area contributed by atoms with Gasteiger partial charge in [-0.05, 0) is 20.3 Å². The molecule has 2 aromatic heterocycles. The molecule has 31 heavy (non-hydrogen) atoms. The van der Waals surface area contributed by atoms with Gasteiger partial charge in [0.05, 0.1) is 24.4 Å². The lowest BCUT2D eigenvalue weighted by atomic mass is 10.1. The Morgan fingerprint density at radius 1 is 1.29 bits per heavy atom. The molecule has 1 fully saturated rings. The van der Waals surface area contributed by atoms with Crippen LogP contribution in [-0.4, -0.2) is 58.4 Å². The van der Waals surface area contributed by atoms with Gasteiger partial charge in [0.15, 0.2) is 5.82 Å². The Labute approximate surface area is 180 Å². The summed E-state index contributed by atoms with van der Waals surface area (Å²) in [6.45, 7) is 3.79. The number of aryl methyl sites for hydroxylation is 2. The Morgan fingerprint density at radius 3 is 2.68 bits per heavy atom. The topological polar surface area (TPSA) is 134 Å². The smallest absolute Gasteiger partial charge is 0.227 e. The predicted molar refractivity (Wildman–Crippen MR) is 112 cm³/mol. The monoisotopic (exact) mass is 444 g/mol. The van der Waals surface area contributed by atoms with Crippen molar-refractivity contribution in [3.05, 3.63) is 53.2 Å². The fourth-order valence-corrected chi connectivity index (χ4v) is 4.68. The number of amides is 1. The molecule has 0 bridgehead atoms. The largest absolute Gasteiger partial charge is 0.361 e. The number of aromatic nitrogens is 4. The molecule has 11 heteroatoms. The number of carbonyl (C=O) groups is 1. The minimum atomic E-state index is -3.42. The number of nitrogens with zero attached hydrogens (tertiary/aromatic N) is 4. The molecule has 1 aromatic carbocycles. The van der Waals surface area contributed by atoms with Crippen molar-refractivity contribution in [3.8, 4) is 11.4 Å². The van der Waals surface area contributed by atoms with Crippen LogP contribution < -0.4 is 4.72 Å². The van der Waals surface area contributed by atoms with E-state index in [0.717, 1.165) is 17.4 Å². The quantitative estimate of drug-likeness (QED) is 0.588. The summed E-state index contributed by atoms with van der Waals surface area (Å²) in [7, 11) is -3.42. The number of carbonyl (C=O) groups excluding carboxylic acids is 1. The van der Waals surface area contributed by atoms with E-state index in [2.05, 4.69) is 25.1 Å². The molecule has 1 amide bonds. The van der Waals surface area contributed by atoms with Crippen molar-refractivity contribution in [3.63, 3.8) is 0 Å². The number of H-pyrrole nitrogens is 1. The highest BCUT2D eigenvalue weighted by atomic mass is 32.2. The van der Waals surface area contributed by atoms with E-state index in [1.54, 1.807) is 18.7 Å². The summed E-state index contributed by atoms with van der Waals surface area (Å²) in [6, 6.07) is 8.64. The number of aromatic amines is 1. The van der Waals surface area contributed by atoms with E-state index in [1.807, 2.05) is 30.3 Å². The second kappa shape index (κ2) is 8.23. The molecule has 1 saturated heterocycles. The molecule has 3 aromatic rings. The van der Waals surface area contributed by atoms with Crippen molar-refractivity contribution in [2.75, 3.05) is 12.8 Å². The molecule has 0 radical (unpaired) electrons. The number of hydrogen-bond acceptors (Lipinski definition) is 7. The molecule has 0 aliphatic carbocycles. The average Bonchev–Trinajstić information content (AvgIpc) is 3.43. The van der Waals surface area contributed by atoms with E-state index >= 15 is 0 Å². The van der Waals surface area contributed by atoms with Crippen LogP contribution in [0.25, 0.3) is 11.4 Å². The summed E-state index contributed by atoms with van der Waals surface area (Å²) in [5.74, 6) is 1.48. The predicted octanol–water partition coefficient (Wildman–Crippen LogP) is 1.51. The van der Waals surface area contributed by atoms with Gasteiger partial charge in [0, 0.05) is 23.7 Å². The van der Waals surface area contributed by atoms with Crippen LogP contribution in [0.4, 0.5) is 0 Å². The molecule has 0 unspecified atom stereocenters. The molecule has 0 spiro atoms. The van der Waals surface area contributed by atoms with Gasteiger partial charge < -0.3 is 9.42 Å². The van der Waals surface area contributed by atoms with Crippen LogP contribution in [0.3, 0.4) is 0 Å². The van der Waals surface area contributed by atoms with E-state index in [1.165, 1.54) is 0 Å². The Hall–Kier alpha value is -3.05. The molecule has 1 aliphatic rings. The van der Waals surface area contributed by atoms with Crippen LogP contribution in [0.2, 0.25) is 0 Å². The fraction of sp³-hybridized carbons (Fsp3) is 0.400. The van der Waals surface area contributed by atoms with Gasteiger partial charge in [0.1, 0.15) is 11.6 Å². The molecule has 3 heterocycles. The molecule has 10 nitrogen and oxygen atoms in total. The van der Waals surface area contributed by atoms with E-state index in [-0.39, 0.29) is 18.9 Å². The standard InChI is InChI=1S/C20H24N6O4S/c1-12-16(13(2)30-24-12)10-18(27)26-11-15(25-31(3,28)29)9-17(26)20-21-19(22-23-20)14-7-5-4-6-8-14/h4-8,15,17,25H,9-11H2,1-3H3,(H,21,22,23)/t15-,17-/m0/s1. The summed E-state index contributed by atoms with van der Waals surface area (Å²) >= 11 is 0. The zero-order chi connectivity index (χ0) is 22.2. The maximum absolute atomic E-state index is 13.2. The van der Waals surface area contributed by atoms with Crippen molar-refractivity contribution < 1.29 is 17.7 Å². The summed E-state index contributed by atoms with van der Waals surface area (Å²) in [6.07, 6.45) is 1.62. The third-order valence-corrected chi connectivity index (χ3v) is 6.12. The van der Waals surface area contributed by atoms with E-state index in [9.17, 15) is 13.2 Å². The highest BCUT2D eigenvalue weighted by Crippen LogP contribution is 2.32. The lowest BCUT2D eigenvalue weighted by molar-refractivity contribution is -0.131. The molecule has 4 rings (SSSR count). The molecular weight excluding hydrogens is 420 g/mol. The van der Waals surface area contributed by atoms with E-state index in [4.69, 9.17) is 4.52 Å². The Bertz CT molecular complexity index is 1170. The summed E-state index contributed by atoms with van der Waals surface area (Å²) < 4.78 is 31.3. The van der Waals surface area contributed by atoms with Crippen molar-refractivity contribution >= 4 is 15.9 Å². The van der Waals surface area contributed by atoms with Crippen LogP contribution in [0, 0.1) is 13.8 Å². The lowest BCUT2D eigenvalue weighted by Gasteiger charge is -2.22. The summed E-state index contributed by atoms with van der Waals surface area (Å²) in [4.78, 5) is 19.4. The number of nitrogens with one attached hydrogen (secondary N) is 2. The van der Waals surface area contributed by atoms with Gasteiger partial charge in [-0.2, -0.15) is 5.10 Å². The van der Waals surface area contributed by atoms with Gasteiger partial charge in [0.25, 0.3) is 0 Å². The third kappa shape index (κ3) is 4.67.